The van der Waals surface area contributed by atoms with E-state index in [0.717, 1.165) is 30.6 Å². The zero-order chi connectivity index (χ0) is 48.9. The number of aromatic hydroxyl groups is 1. The van der Waals surface area contributed by atoms with Crippen molar-refractivity contribution in [1.29, 1.82) is 0 Å². The quantitative estimate of drug-likeness (QED) is 0.0337. The second-order valence-electron chi connectivity index (χ2n) is 17.4. The van der Waals surface area contributed by atoms with Crippen molar-refractivity contribution in [3.05, 3.63) is 29.8 Å². The van der Waals surface area contributed by atoms with Gasteiger partial charge in [-0.05, 0) is 50.3 Å². The lowest BCUT2D eigenvalue weighted by molar-refractivity contribution is -0.268. The van der Waals surface area contributed by atoms with Gasteiger partial charge in [-0.25, -0.2) is 4.57 Å². The number of nitrogens with one attached hydrogen (secondary N) is 2. The van der Waals surface area contributed by atoms with Crippen LogP contribution in [0.15, 0.2) is 24.3 Å². The fourth-order valence-electron chi connectivity index (χ4n) is 7.81. The largest absolute Gasteiger partial charge is 0.508 e. The van der Waals surface area contributed by atoms with Crippen molar-refractivity contribution in [3.63, 3.8) is 0 Å². The fourth-order valence-corrected chi connectivity index (χ4v) is 8.57. The van der Waals surface area contributed by atoms with Crippen LogP contribution < -0.4 is 22.1 Å². The monoisotopic (exact) mass is 960 g/mol. The van der Waals surface area contributed by atoms with E-state index in [4.69, 9.17) is 30.0 Å². The molecule has 1 aromatic carbocycles. The second-order valence-corrected chi connectivity index (χ2v) is 18.8. The summed E-state index contributed by atoms with van der Waals surface area (Å²) in [6.45, 7) is 4.14. The molecule has 11 N–H and O–H groups in total. The van der Waals surface area contributed by atoms with Gasteiger partial charge in [-0.2, -0.15) is 0 Å². The molecule has 0 radical (unpaired) electrons. The summed E-state index contributed by atoms with van der Waals surface area (Å²) >= 11 is 0. The number of rotatable bonds is 37. The Morgan fingerprint density at radius 2 is 1.39 bits per heavy atom. The highest BCUT2D eigenvalue weighted by molar-refractivity contribution is 7.47. The smallest absolute Gasteiger partial charge is 0.472 e. The molecule has 380 valence electrons. The fraction of sp³-hybridized carbons (Fsp3) is 0.783. The highest BCUT2D eigenvalue weighted by atomic mass is 31.2. The summed E-state index contributed by atoms with van der Waals surface area (Å²) in [4.78, 5) is 64.0. The predicted molar refractivity (Wildman–Crippen MR) is 249 cm³/mol. The zero-order valence-corrected chi connectivity index (χ0v) is 40.5. The number of phenolic OH excluding ortho intramolecular Hbond substituents is 1. The van der Waals surface area contributed by atoms with E-state index in [0.29, 0.717) is 18.4 Å². The number of ether oxygens (including phenoxy) is 2. The molecule has 1 fully saturated rings. The Morgan fingerprint density at radius 1 is 0.833 bits per heavy atom. The number of nitrogens with two attached hydrogens (primary N) is 2. The number of hydrogen-bond acceptors (Lipinski definition) is 14. The first-order valence-electron chi connectivity index (χ1n) is 24.1. The molecule has 1 aliphatic rings. The molecule has 1 saturated heterocycles. The number of unbranched alkanes of at least 4 members (excludes halogenated alkanes) is 14. The van der Waals surface area contributed by atoms with Crippen molar-refractivity contribution in [2.45, 2.75) is 198 Å². The average Bonchev–Trinajstić information content (AvgIpc) is 3.28. The molecule has 1 aliphatic heterocycles. The van der Waals surface area contributed by atoms with E-state index in [1.54, 1.807) is 12.1 Å². The number of carbonyl (C=O) groups is 4. The summed E-state index contributed by atoms with van der Waals surface area (Å²) in [5.41, 5.74) is 12.8. The lowest BCUT2D eigenvalue weighted by Crippen LogP contribution is -2.66. The number of primary amides is 1. The number of phosphoric acid groups is 1. The molecule has 19 nitrogen and oxygen atoms in total. The molecule has 0 spiro atoms. The summed E-state index contributed by atoms with van der Waals surface area (Å²) < 4.78 is 34.0. The third-order valence-corrected chi connectivity index (χ3v) is 12.6. The number of amides is 4. The number of phenols is 1. The molecular weight excluding hydrogens is 878 g/mol. The standard InChI is InChI=1S/C46H82N5O14P/c1-4-6-8-9-10-11-12-13-14-15-16-17-18-19-28-62-66(60,61)63-29-27-49-39(54)26-25-37(44(48)57)51(45(58)36(47)30-34-21-23-35(53)24-22-34)31-33(3)64-43-41(50-40(55)20-7-5-2)46(59)65-38(32-52)42(43)56/h21-24,33,36-38,41-43,46,52-53,56,59H,4-20,25-32,47H2,1-3H3,(H2,48,57)(H,49,54)(H,50,55)(H,60,61)/t33?,36-,37+,38+,41+,42+,43+,46-/m0/s1. The summed E-state index contributed by atoms with van der Waals surface area (Å²) in [5.74, 6) is -2.73. The normalized spacial score (nSPS) is 20.8. The molecule has 1 aromatic rings. The Morgan fingerprint density at radius 3 is 1.95 bits per heavy atom. The molecule has 0 bridgehead atoms. The summed E-state index contributed by atoms with van der Waals surface area (Å²) in [5, 5.41) is 46.6. The van der Waals surface area contributed by atoms with E-state index in [9.17, 15) is 49.1 Å². The minimum absolute atomic E-state index is 0.00250. The van der Waals surface area contributed by atoms with Gasteiger partial charge < -0.3 is 61.8 Å². The van der Waals surface area contributed by atoms with Crippen molar-refractivity contribution >= 4 is 31.5 Å². The molecule has 2 rings (SSSR count). The van der Waals surface area contributed by atoms with Crippen LogP contribution in [0, 0.1) is 0 Å². The Labute approximate surface area is 391 Å². The molecule has 2 unspecified atom stereocenters. The number of hydrogen-bond donors (Lipinski definition) is 9. The number of aliphatic hydroxyl groups excluding tert-OH is 3. The van der Waals surface area contributed by atoms with Crippen molar-refractivity contribution in [2.75, 3.05) is 32.9 Å². The SMILES string of the molecule is CCCCCCCCCCCCCCCCOP(=O)(O)OCCNC(=O)CC[C@H](C(N)=O)N(CC(C)O[C@H]1[C@H](O)[C@@H](CO)O[C@H](O)[C@@H]1NC(=O)CCCC)C(=O)[C@@H](N)Cc1ccc(O)cc1. The van der Waals surface area contributed by atoms with Crippen LogP contribution >= 0.6 is 7.82 Å². The van der Waals surface area contributed by atoms with Crippen LogP contribution in [0.1, 0.15) is 148 Å². The summed E-state index contributed by atoms with van der Waals surface area (Å²) in [6.07, 6.45) is 10.4. The predicted octanol–water partition coefficient (Wildman–Crippen LogP) is 3.97. The van der Waals surface area contributed by atoms with E-state index in [-0.39, 0.29) is 57.7 Å². The van der Waals surface area contributed by atoms with Crippen LogP contribution in [0.3, 0.4) is 0 Å². The van der Waals surface area contributed by atoms with Crippen LogP contribution in [0.25, 0.3) is 0 Å². The lowest BCUT2D eigenvalue weighted by Gasteiger charge is -2.44. The van der Waals surface area contributed by atoms with E-state index in [2.05, 4.69) is 17.6 Å². The molecule has 9 atom stereocenters. The maximum Gasteiger partial charge on any atom is 0.472 e. The molecule has 0 saturated carbocycles. The second kappa shape index (κ2) is 33.3. The highest BCUT2D eigenvalue weighted by Gasteiger charge is 2.47. The minimum atomic E-state index is -4.36. The van der Waals surface area contributed by atoms with E-state index < -0.39 is 86.9 Å². The van der Waals surface area contributed by atoms with Crippen molar-refractivity contribution < 1.29 is 67.6 Å². The topological polar surface area (TPSA) is 303 Å². The van der Waals surface area contributed by atoms with Gasteiger partial charge in [-0.15, -0.1) is 0 Å². The first-order valence-corrected chi connectivity index (χ1v) is 25.6. The number of phosphoric ester groups is 1. The summed E-state index contributed by atoms with van der Waals surface area (Å²) in [7, 11) is -4.36. The average molecular weight is 960 g/mol. The van der Waals surface area contributed by atoms with Crippen LogP contribution in [0.5, 0.6) is 5.75 Å². The maximum absolute atomic E-state index is 14.1. The third kappa shape index (κ3) is 23.7. The Balaban J connectivity index is 1.96. The molecule has 0 aliphatic carbocycles. The Hall–Kier alpha value is -3.23. The van der Waals surface area contributed by atoms with Crippen molar-refractivity contribution in [1.82, 2.24) is 15.5 Å². The van der Waals surface area contributed by atoms with E-state index in [1.165, 1.54) is 83.3 Å². The van der Waals surface area contributed by atoms with Crippen molar-refractivity contribution in [2.24, 2.45) is 11.5 Å². The third-order valence-electron chi connectivity index (χ3n) is 11.6. The van der Waals surface area contributed by atoms with Gasteiger partial charge >= 0.3 is 7.82 Å². The summed E-state index contributed by atoms with van der Waals surface area (Å²) in [6, 6.07) is 2.08. The first kappa shape index (κ1) is 58.9. The van der Waals surface area contributed by atoms with Crippen LogP contribution in [-0.4, -0.2) is 136 Å². The van der Waals surface area contributed by atoms with Gasteiger partial charge in [-0.3, -0.25) is 28.2 Å². The van der Waals surface area contributed by atoms with Gasteiger partial charge in [0.1, 0.15) is 36.1 Å². The maximum atomic E-state index is 14.1. The Bertz CT molecular complexity index is 1580. The molecule has 20 heteroatoms. The highest BCUT2D eigenvalue weighted by Crippen LogP contribution is 2.43. The first-order chi connectivity index (χ1) is 31.5. The van der Waals surface area contributed by atoms with E-state index in [1.807, 2.05) is 6.92 Å². The van der Waals surface area contributed by atoms with Crippen molar-refractivity contribution in [3.8, 4) is 5.75 Å². The van der Waals surface area contributed by atoms with Gasteiger partial charge in [0.05, 0.1) is 32.0 Å². The van der Waals surface area contributed by atoms with Gasteiger partial charge in [0.15, 0.2) is 6.29 Å². The molecule has 0 aromatic heterocycles. The van der Waals surface area contributed by atoms with Crippen LogP contribution in [0.4, 0.5) is 0 Å². The van der Waals surface area contributed by atoms with Gasteiger partial charge in [0.2, 0.25) is 23.6 Å². The lowest BCUT2D eigenvalue weighted by atomic mass is 9.96. The minimum Gasteiger partial charge on any atom is -0.508 e. The van der Waals surface area contributed by atoms with Gasteiger partial charge in [0, 0.05) is 25.9 Å². The molecule has 4 amide bonds. The number of aliphatic hydroxyl groups is 3. The van der Waals surface area contributed by atoms with Gasteiger partial charge in [-0.1, -0.05) is 116 Å². The Kier molecular flexibility index (Phi) is 29.7. The molecule has 66 heavy (non-hydrogen) atoms. The van der Waals surface area contributed by atoms with E-state index >= 15 is 0 Å². The number of benzene rings is 1. The number of nitrogens with zero attached hydrogens (tertiary/aromatic N) is 1. The van der Waals surface area contributed by atoms with Crippen LogP contribution in [-0.2, 0) is 48.7 Å². The van der Waals surface area contributed by atoms with Gasteiger partial charge in [0.25, 0.3) is 0 Å². The van der Waals surface area contributed by atoms with Crippen LogP contribution in [0.2, 0.25) is 0 Å². The number of carbonyl (C=O) groups excluding carboxylic acids is 4. The molecular formula is C46H82N5O14P. The molecule has 1 heterocycles. The zero-order valence-electron chi connectivity index (χ0n) is 39.6.